The van der Waals surface area contributed by atoms with Crippen LogP contribution in [0.2, 0.25) is 0 Å². The fourth-order valence-corrected chi connectivity index (χ4v) is 2.56. The number of halogens is 1. The van der Waals surface area contributed by atoms with Gasteiger partial charge >= 0.3 is 0 Å². The Bertz CT molecular complexity index is 173. The molecule has 3 heteroatoms. The molecule has 0 saturated carbocycles. The van der Waals surface area contributed by atoms with Gasteiger partial charge in [0.15, 0.2) is 0 Å². The van der Waals surface area contributed by atoms with Crippen molar-refractivity contribution in [1.29, 1.82) is 0 Å². The Kier molecular flexibility index (Phi) is 4.88. The third kappa shape index (κ3) is 3.21. The highest BCUT2D eigenvalue weighted by Crippen LogP contribution is 2.21. The van der Waals surface area contributed by atoms with Crippen LogP contribution in [0.3, 0.4) is 0 Å². The largest absolute Gasteiger partial charge is 0.305 e. The van der Waals surface area contributed by atoms with E-state index in [4.69, 9.17) is 0 Å². The summed E-state index contributed by atoms with van der Waals surface area (Å²) in [4.78, 5) is 4.96. The average molecular weight is 263 g/mol. The highest BCUT2D eigenvalue weighted by molar-refractivity contribution is 9.09. The van der Waals surface area contributed by atoms with Gasteiger partial charge in [-0.15, -0.1) is 0 Å². The molecule has 1 rings (SSSR count). The summed E-state index contributed by atoms with van der Waals surface area (Å²) < 4.78 is 0. The van der Waals surface area contributed by atoms with E-state index in [-0.39, 0.29) is 0 Å². The second-order valence-corrected chi connectivity index (χ2v) is 5.63. The van der Waals surface area contributed by atoms with Crippen molar-refractivity contribution in [2.75, 3.05) is 39.1 Å². The molecule has 1 heterocycles. The lowest BCUT2D eigenvalue weighted by Crippen LogP contribution is -2.35. The van der Waals surface area contributed by atoms with Crippen LogP contribution in [-0.4, -0.2) is 54.9 Å². The van der Waals surface area contributed by atoms with Crippen LogP contribution in [-0.2, 0) is 0 Å². The van der Waals surface area contributed by atoms with Gasteiger partial charge in [0, 0.05) is 31.0 Å². The molecule has 1 saturated heterocycles. The molecule has 2 nitrogen and oxygen atoms in total. The average Bonchev–Trinajstić information content (AvgIpc) is 2.46. The van der Waals surface area contributed by atoms with Gasteiger partial charge in [0.2, 0.25) is 0 Å². The molecule has 1 fully saturated rings. The number of alkyl halides is 1. The van der Waals surface area contributed by atoms with Gasteiger partial charge in [-0.3, -0.25) is 0 Å². The lowest BCUT2D eigenvalue weighted by Gasteiger charge is -2.23. The van der Waals surface area contributed by atoms with Gasteiger partial charge in [0.05, 0.1) is 0 Å². The molecule has 0 aliphatic carbocycles. The van der Waals surface area contributed by atoms with Crippen LogP contribution in [0.25, 0.3) is 0 Å². The molecule has 1 aliphatic rings. The van der Waals surface area contributed by atoms with E-state index in [0.29, 0.717) is 0 Å². The summed E-state index contributed by atoms with van der Waals surface area (Å²) in [6, 6.07) is 0.748. The molecular weight excluding hydrogens is 240 g/mol. The quantitative estimate of drug-likeness (QED) is 0.715. The number of rotatable bonds is 4. The molecule has 0 aromatic heterocycles. The summed E-state index contributed by atoms with van der Waals surface area (Å²) in [5, 5.41) is 1.12. The SMILES string of the molecule is CC(CBr)CN1CC(C)C(N(C)C)C1. The third-order valence-electron chi connectivity index (χ3n) is 3.14. The van der Waals surface area contributed by atoms with Gasteiger partial charge in [0.25, 0.3) is 0 Å². The van der Waals surface area contributed by atoms with Gasteiger partial charge in [-0.05, 0) is 25.9 Å². The molecule has 1 aliphatic heterocycles. The van der Waals surface area contributed by atoms with Gasteiger partial charge in [0.1, 0.15) is 0 Å². The fourth-order valence-electron chi connectivity index (χ4n) is 2.36. The first-order valence-corrected chi connectivity index (χ1v) is 6.61. The molecule has 0 radical (unpaired) electrons. The maximum Gasteiger partial charge on any atom is 0.0254 e. The van der Waals surface area contributed by atoms with Crippen molar-refractivity contribution in [2.24, 2.45) is 11.8 Å². The second-order valence-electron chi connectivity index (χ2n) is 4.99. The standard InChI is InChI=1S/C11H23BrN2/c1-9(5-12)6-14-7-10(2)11(8-14)13(3)4/h9-11H,5-8H2,1-4H3. The molecule has 0 bridgehead atoms. The zero-order valence-corrected chi connectivity index (χ0v) is 11.4. The Hall–Kier alpha value is 0.400. The van der Waals surface area contributed by atoms with E-state index in [1.54, 1.807) is 0 Å². The minimum atomic E-state index is 0.748. The molecule has 0 aromatic carbocycles. The summed E-state index contributed by atoms with van der Waals surface area (Å²) in [6.07, 6.45) is 0. The van der Waals surface area contributed by atoms with Crippen molar-refractivity contribution in [2.45, 2.75) is 19.9 Å². The van der Waals surface area contributed by atoms with E-state index in [0.717, 1.165) is 23.2 Å². The van der Waals surface area contributed by atoms with Crippen LogP contribution in [0.15, 0.2) is 0 Å². The number of hydrogen-bond donors (Lipinski definition) is 0. The molecule has 0 amide bonds. The van der Waals surface area contributed by atoms with Crippen LogP contribution in [0, 0.1) is 11.8 Å². The van der Waals surface area contributed by atoms with E-state index in [9.17, 15) is 0 Å². The van der Waals surface area contributed by atoms with Crippen molar-refractivity contribution >= 4 is 15.9 Å². The zero-order valence-electron chi connectivity index (χ0n) is 9.83. The summed E-state index contributed by atoms with van der Waals surface area (Å²) >= 11 is 3.54. The molecule has 0 N–H and O–H groups in total. The zero-order chi connectivity index (χ0) is 10.7. The first-order chi connectivity index (χ1) is 6.54. The predicted octanol–water partition coefficient (Wildman–Crippen LogP) is 1.90. The number of likely N-dealkylation sites (tertiary alicyclic amines) is 1. The number of likely N-dealkylation sites (N-methyl/N-ethyl adjacent to an activating group) is 1. The van der Waals surface area contributed by atoms with E-state index >= 15 is 0 Å². The van der Waals surface area contributed by atoms with E-state index in [2.05, 4.69) is 53.7 Å². The van der Waals surface area contributed by atoms with Crippen molar-refractivity contribution in [3.63, 3.8) is 0 Å². The second kappa shape index (κ2) is 5.47. The molecule has 3 atom stereocenters. The van der Waals surface area contributed by atoms with Crippen LogP contribution in [0.4, 0.5) is 0 Å². The van der Waals surface area contributed by atoms with Crippen LogP contribution in [0.5, 0.6) is 0 Å². The summed E-state index contributed by atoms with van der Waals surface area (Å²) in [5.41, 5.74) is 0. The van der Waals surface area contributed by atoms with Crippen LogP contribution < -0.4 is 0 Å². The summed E-state index contributed by atoms with van der Waals surface area (Å²) in [5.74, 6) is 1.58. The molecule has 0 spiro atoms. The van der Waals surface area contributed by atoms with Crippen molar-refractivity contribution in [3.05, 3.63) is 0 Å². The van der Waals surface area contributed by atoms with E-state index in [1.807, 2.05) is 0 Å². The Labute approximate surface area is 96.8 Å². The van der Waals surface area contributed by atoms with Crippen molar-refractivity contribution in [1.82, 2.24) is 9.80 Å². The van der Waals surface area contributed by atoms with Gasteiger partial charge in [-0.1, -0.05) is 29.8 Å². The maximum absolute atomic E-state index is 3.54. The molecule has 14 heavy (non-hydrogen) atoms. The van der Waals surface area contributed by atoms with Gasteiger partial charge < -0.3 is 9.80 Å². The predicted molar refractivity (Wildman–Crippen MR) is 66.0 cm³/mol. The first-order valence-electron chi connectivity index (χ1n) is 5.49. The van der Waals surface area contributed by atoms with Crippen LogP contribution >= 0.6 is 15.9 Å². The van der Waals surface area contributed by atoms with Crippen LogP contribution in [0.1, 0.15) is 13.8 Å². The summed E-state index contributed by atoms with van der Waals surface area (Å²) in [6.45, 7) is 8.41. The number of nitrogens with zero attached hydrogens (tertiary/aromatic N) is 2. The smallest absolute Gasteiger partial charge is 0.0254 e. The Morgan fingerprint density at radius 3 is 2.50 bits per heavy atom. The van der Waals surface area contributed by atoms with Gasteiger partial charge in [-0.25, -0.2) is 0 Å². The lowest BCUT2D eigenvalue weighted by molar-refractivity contribution is 0.245. The fraction of sp³-hybridized carbons (Fsp3) is 1.00. The third-order valence-corrected chi connectivity index (χ3v) is 4.25. The molecule has 0 aromatic rings. The lowest BCUT2D eigenvalue weighted by atomic mass is 10.1. The number of hydrogen-bond acceptors (Lipinski definition) is 2. The van der Waals surface area contributed by atoms with Crippen molar-refractivity contribution in [3.8, 4) is 0 Å². The molecular formula is C11H23BrN2. The van der Waals surface area contributed by atoms with Gasteiger partial charge in [-0.2, -0.15) is 0 Å². The minimum Gasteiger partial charge on any atom is -0.305 e. The molecule has 84 valence electrons. The Balaban J connectivity index is 2.38. The first kappa shape index (κ1) is 12.5. The Morgan fingerprint density at radius 1 is 1.43 bits per heavy atom. The maximum atomic E-state index is 3.54. The topological polar surface area (TPSA) is 6.48 Å². The minimum absolute atomic E-state index is 0.748. The van der Waals surface area contributed by atoms with Crippen molar-refractivity contribution < 1.29 is 0 Å². The highest BCUT2D eigenvalue weighted by Gasteiger charge is 2.30. The monoisotopic (exact) mass is 262 g/mol. The Morgan fingerprint density at radius 2 is 2.07 bits per heavy atom. The normalized spacial score (nSPS) is 31.3. The molecule has 3 unspecified atom stereocenters. The van der Waals surface area contributed by atoms with E-state index in [1.165, 1.54) is 19.6 Å². The summed E-state index contributed by atoms with van der Waals surface area (Å²) in [7, 11) is 4.39. The highest BCUT2D eigenvalue weighted by atomic mass is 79.9. The van der Waals surface area contributed by atoms with E-state index < -0.39 is 0 Å².